The zero-order chi connectivity index (χ0) is 6.93. The first-order chi connectivity index (χ1) is 4.76. The van der Waals surface area contributed by atoms with Crippen LogP contribution in [0.1, 0.15) is 19.8 Å². The monoisotopic (exact) mass is 265 g/mol. The number of hydrogen-bond acceptors (Lipinski definition) is 1. The topological polar surface area (TPSA) is 3.24 Å². The van der Waals surface area contributed by atoms with Crippen LogP contribution in [-0.2, 0) is 0 Å². The van der Waals surface area contributed by atoms with Crippen molar-refractivity contribution in [3.05, 3.63) is 0 Å². The Hall–Kier alpha value is 0.690. The van der Waals surface area contributed by atoms with E-state index in [0.29, 0.717) is 0 Å². The number of halogens is 1. The third-order valence-electron chi connectivity index (χ3n) is 4.25. The smallest absolute Gasteiger partial charge is 0.0101 e. The Morgan fingerprint density at radius 1 is 1.36 bits per heavy atom. The molecule has 0 bridgehead atoms. The molecule has 3 aliphatic rings. The highest BCUT2D eigenvalue weighted by molar-refractivity contribution is 14.0. The van der Waals surface area contributed by atoms with Gasteiger partial charge in [-0.3, -0.25) is 0 Å². The molecule has 1 heterocycles. The van der Waals surface area contributed by atoms with Crippen molar-refractivity contribution in [1.82, 2.24) is 4.90 Å². The minimum Gasteiger partial charge on any atom is -0.303 e. The molecule has 0 aromatic rings. The molecule has 1 nitrogen and oxygen atoms in total. The van der Waals surface area contributed by atoms with Crippen LogP contribution in [0.3, 0.4) is 0 Å². The summed E-state index contributed by atoms with van der Waals surface area (Å²) in [7, 11) is 2.27. The molecule has 3 rings (SSSR count). The van der Waals surface area contributed by atoms with E-state index in [9.17, 15) is 0 Å². The van der Waals surface area contributed by atoms with Gasteiger partial charge in [0.15, 0.2) is 0 Å². The number of rotatable bonds is 0. The lowest BCUT2D eigenvalue weighted by atomic mass is 10.1. The maximum Gasteiger partial charge on any atom is 0.0101 e. The number of fused-ring (bicyclic) bond motifs is 3. The van der Waals surface area contributed by atoms with Crippen molar-refractivity contribution in [2.24, 2.45) is 17.3 Å². The highest BCUT2D eigenvalue weighted by Crippen LogP contribution is 2.78. The molecule has 3 atom stereocenters. The number of likely N-dealkylation sites (tertiary alicyclic amines) is 1. The van der Waals surface area contributed by atoms with E-state index in [0.717, 1.165) is 23.3 Å². The van der Waals surface area contributed by atoms with E-state index >= 15 is 0 Å². The molecule has 1 aliphatic heterocycles. The Morgan fingerprint density at radius 3 is 2.36 bits per heavy atom. The van der Waals surface area contributed by atoms with Crippen LogP contribution in [0.2, 0.25) is 0 Å². The summed E-state index contributed by atoms with van der Waals surface area (Å²) < 4.78 is 0. The third kappa shape index (κ3) is 0.804. The normalized spacial score (nSPS) is 50.2. The Bertz CT molecular complexity index is 186. The van der Waals surface area contributed by atoms with E-state index < -0.39 is 0 Å². The summed E-state index contributed by atoms with van der Waals surface area (Å²) in [5, 5.41) is 0. The fourth-order valence-corrected chi connectivity index (χ4v) is 3.32. The quantitative estimate of drug-likeness (QED) is 0.605. The Kier molecular flexibility index (Phi) is 1.61. The van der Waals surface area contributed by atoms with E-state index in [1.165, 1.54) is 6.54 Å². The Morgan fingerprint density at radius 2 is 2.00 bits per heavy atom. The van der Waals surface area contributed by atoms with Crippen LogP contribution in [0.25, 0.3) is 0 Å². The summed E-state index contributed by atoms with van der Waals surface area (Å²) in [5.74, 6) is 2.23. The highest BCUT2D eigenvalue weighted by Gasteiger charge is 2.75. The van der Waals surface area contributed by atoms with E-state index in [-0.39, 0.29) is 24.0 Å². The minimum atomic E-state index is 0. The van der Waals surface area contributed by atoms with Crippen molar-refractivity contribution < 1.29 is 0 Å². The van der Waals surface area contributed by atoms with E-state index in [4.69, 9.17) is 0 Å². The molecule has 2 heteroatoms. The molecule has 1 spiro atoms. The molecule has 3 unspecified atom stereocenters. The lowest BCUT2D eigenvalue weighted by molar-refractivity contribution is 0.259. The summed E-state index contributed by atoms with van der Waals surface area (Å²) in [5.41, 5.74) is 0.923. The molecule has 11 heavy (non-hydrogen) atoms. The first-order valence-electron chi connectivity index (χ1n) is 4.46. The third-order valence-corrected chi connectivity index (χ3v) is 4.25. The lowest BCUT2D eigenvalue weighted by Crippen LogP contribution is -2.28. The van der Waals surface area contributed by atoms with E-state index in [2.05, 4.69) is 18.9 Å². The van der Waals surface area contributed by atoms with Gasteiger partial charge in [0.1, 0.15) is 0 Å². The summed E-state index contributed by atoms with van der Waals surface area (Å²) in [6.45, 7) is 3.80. The summed E-state index contributed by atoms with van der Waals surface area (Å²) >= 11 is 0. The Balaban J connectivity index is 0.000000480. The van der Waals surface area contributed by atoms with Gasteiger partial charge in [0.2, 0.25) is 0 Å². The molecule has 0 amide bonds. The van der Waals surface area contributed by atoms with Crippen molar-refractivity contribution in [3.8, 4) is 0 Å². The van der Waals surface area contributed by atoms with Gasteiger partial charge in [0.25, 0.3) is 0 Å². The lowest BCUT2D eigenvalue weighted by Gasteiger charge is -2.20. The van der Waals surface area contributed by atoms with E-state index in [1.54, 1.807) is 12.8 Å². The van der Waals surface area contributed by atoms with Crippen molar-refractivity contribution in [2.75, 3.05) is 13.6 Å². The fraction of sp³-hybridized carbons (Fsp3) is 1.00. The van der Waals surface area contributed by atoms with Gasteiger partial charge < -0.3 is 4.90 Å². The maximum absolute atomic E-state index is 2.53. The average molecular weight is 265 g/mol. The molecule has 0 aromatic heterocycles. The van der Waals surface area contributed by atoms with Crippen LogP contribution >= 0.6 is 24.0 Å². The van der Waals surface area contributed by atoms with Crippen molar-refractivity contribution >= 4 is 24.0 Å². The zero-order valence-corrected chi connectivity index (χ0v) is 9.54. The molecule has 1 saturated heterocycles. The number of hydrogen-bond donors (Lipinski definition) is 0. The first kappa shape index (κ1) is 8.30. The molecule has 0 N–H and O–H groups in total. The van der Waals surface area contributed by atoms with Crippen LogP contribution in [0.4, 0.5) is 0 Å². The van der Waals surface area contributed by atoms with Gasteiger partial charge in [-0.2, -0.15) is 0 Å². The number of piperidine rings is 1. The molecule has 3 fully saturated rings. The van der Waals surface area contributed by atoms with Crippen LogP contribution in [0.15, 0.2) is 0 Å². The van der Waals surface area contributed by atoms with E-state index in [1.807, 2.05) is 0 Å². The van der Waals surface area contributed by atoms with Crippen LogP contribution < -0.4 is 0 Å². The van der Waals surface area contributed by atoms with Crippen molar-refractivity contribution in [1.29, 1.82) is 0 Å². The predicted molar refractivity (Wildman–Crippen MR) is 56.2 cm³/mol. The standard InChI is InChI=1S/C9H15N.HI/c1-6-8-7(5-10(6)2)9(8)3-4-9;/h6-8H,3-5H2,1-2H3;1H. The van der Waals surface area contributed by atoms with Gasteiger partial charge in [-0.15, -0.1) is 24.0 Å². The second-order valence-electron chi connectivity index (χ2n) is 4.55. The zero-order valence-electron chi connectivity index (χ0n) is 7.21. The molecular weight excluding hydrogens is 249 g/mol. The second-order valence-corrected chi connectivity index (χ2v) is 4.55. The van der Waals surface area contributed by atoms with Gasteiger partial charge in [-0.25, -0.2) is 0 Å². The second kappa shape index (κ2) is 2.13. The molecular formula is C9H16IN. The van der Waals surface area contributed by atoms with Crippen LogP contribution in [0, 0.1) is 17.3 Å². The summed E-state index contributed by atoms with van der Waals surface area (Å²) in [4.78, 5) is 2.53. The molecule has 0 radical (unpaired) electrons. The van der Waals surface area contributed by atoms with Gasteiger partial charge >= 0.3 is 0 Å². The maximum atomic E-state index is 2.53. The van der Waals surface area contributed by atoms with Gasteiger partial charge in [-0.05, 0) is 44.1 Å². The Labute approximate surface area is 85.5 Å². The van der Waals surface area contributed by atoms with Crippen LogP contribution in [0.5, 0.6) is 0 Å². The fourth-order valence-electron chi connectivity index (χ4n) is 3.32. The van der Waals surface area contributed by atoms with Crippen molar-refractivity contribution in [3.63, 3.8) is 0 Å². The van der Waals surface area contributed by atoms with Crippen molar-refractivity contribution in [2.45, 2.75) is 25.8 Å². The molecule has 2 aliphatic carbocycles. The summed E-state index contributed by atoms with van der Waals surface area (Å²) in [6.07, 6.45) is 3.11. The van der Waals surface area contributed by atoms with Crippen LogP contribution in [-0.4, -0.2) is 24.5 Å². The molecule has 2 saturated carbocycles. The first-order valence-corrected chi connectivity index (χ1v) is 4.46. The van der Waals surface area contributed by atoms with Gasteiger partial charge in [0.05, 0.1) is 0 Å². The SMILES string of the molecule is CC1C2C(CN1C)C21CC1.I. The number of nitrogens with zero attached hydrogens (tertiary/aromatic N) is 1. The minimum absolute atomic E-state index is 0. The highest BCUT2D eigenvalue weighted by atomic mass is 127. The summed E-state index contributed by atoms with van der Waals surface area (Å²) in [6, 6.07) is 0.896. The van der Waals surface area contributed by atoms with Gasteiger partial charge in [-0.1, -0.05) is 0 Å². The van der Waals surface area contributed by atoms with Gasteiger partial charge in [0, 0.05) is 12.6 Å². The predicted octanol–water partition coefficient (Wildman–Crippen LogP) is 1.96. The largest absolute Gasteiger partial charge is 0.303 e. The molecule has 64 valence electrons. The molecule has 0 aromatic carbocycles. The average Bonchev–Trinajstić information content (AvgIpc) is 2.74.